The Morgan fingerprint density at radius 2 is 1.29 bits per heavy atom. The molecule has 0 fully saturated rings. The largest absolute Gasteiger partial charge is 2.00 e. The van der Waals surface area contributed by atoms with Gasteiger partial charge in [0.1, 0.15) is 10.0 Å². The molecule has 0 heterocycles. The van der Waals surface area contributed by atoms with Crippen molar-refractivity contribution in [3.8, 4) is 5.75 Å². The Morgan fingerprint density at radius 1 is 0.941 bits per heavy atom. The number of aliphatic carboxylic acids is 1. The summed E-state index contributed by atoms with van der Waals surface area (Å²) in [5, 5.41) is 8.18. The Hall–Kier alpha value is 0.459. The van der Waals surface area contributed by atoms with E-state index in [4.69, 9.17) is 67.8 Å². The average molecular weight is 388 g/mol. The molecule has 3 nitrogen and oxygen atoms in total. The maximum absolute atomic E-state index is 10.3. The third-order valence-corrected chi connectivity index (χ3v) is 3.75. The summed E-state index contributed by atoms with van der Waals surface area (Å²) in [7, 11) is 0. The number of ether oxygens (including phenoxy) is 1. The van der Waals surface area contributed by atoms with Crippen LogP contribution < -0.4 is 4.74 Å². The molecule has 17 heavy (non-hydrogen) atoms. The van der Waals surface area contributed by atoms with Crippen LogP contribution in [0.4, 0.5) is 0 Å². The number of hydrogen-bond acceptors (Lipinski definition) is 2. The van der Waals surface area contributed by atoms with Crippen LogP contribution in [0.2, 0.25) is 25.1 Å². The van der Waals surface area contributed by atoms with Gasteiger partial charge in [-0.25, -0.2) is 4.79 Å². The van der Waals surface area contributed by atoms with Crippen LogP contribution in [0.25, 0.3) is 0 Å². The number of carboxylic acid groups (broad SMARTS) is 1. The molecule has 1 N–H and O–H groups in total. The standard InChI is InChI=1S/C8H3Cl5O3.Cu/c9-3-4(10)6(12)8(7(13)5(3)11)16-1-2(14)15;/h1H2,(H,14,15);/q;+2. The van der Waals surface area contributed by atoms with E-state index >= 15 is 0 Å². The second-order valence-corrected chi connectivity index (χ2v) is 4.47. The summed E-state index contributed by atoms with van der Waals surface area (Å²) < 4.78 is 4.85. The van der Waals surface area contributed by atoms with Gasteiger partial charge < -0.3 is 9.84 Å². The number of halogens is 5. The first-order valence-electron chi connectivity index (χ1n) is 3.72. The maximum Gasteiger partial charge on any atom is 2.00 e. The topological polar surface area (TPSA) is 46.5 Å². The minimum atomic E-state index is -1.19. The van der Waals surface area contributed by atoms with E-state index < -0.39 is 12.6 Å². The van der Waals surface area contributed by atoms with Gasteiger partial charge in [0.15, 0.2) is 12.4 Å². The van der Waals surface area contributed by atoms with Crippen molar-refractivity contribution in [3.63, 3.8) is 0 Å². The van der Waals surface area contributed by atoms with Crippen molar-refractivity contribution in [1.82, 2.24) is 0 Å². The van der Waals surface area contributed by atoms with Crippen LogP contribution in [0.15, 0.2) is 0 Å². The predicted octanol–water partition coefficient (Wildman–Crippen LogP) is 4.41. The second-order valence-electron chi connectivity index (χ2n) is 2.58. The van der Waals surface area contributed by atoms with Crippen LogP contribution in [-0.2, 0) is 21.9 Å². The fourth-order valence-corrected chi connectivity index (χ4v) is 2.08. The number of hydrogen-bond donors (Lipinski definition) is 1. The zero-order chi connectivity index (χ0) is 12.5. The molecule has 0 aliphatic rings. The van der Waals surface area contributed by atoms with Crippen molar-refractivity contribution >= 4 is 64.0 Å². The summed E-state index contributed by atoms with van der Waals surface area (Å²) >= 11 is 28.8. The van der Waals surface area contributed by atoms with Crippen LogP contribution in [0.1, 0.15) is 0 Å². The van der Waals surface area contributed by atoms with Crippen LogP contribution in [-0.4, -0.2) is 17.7 Å². The van der Waals surface area contributed by atoms with Gasteiger partial charge in [-0.1, -0.05) is 58.0 Å². The fourth-order valence-electron chi connectivity index (χ4n) is 0.845. The Balaban J connectivity index is 0.00000256. The van der Waals surface area contributed by atoms with Gasteiger partial charge >= 0.3 is 23.0 Å². The summed E-state index contributed by atoms with van der Waals surface area (Å²) in [6.45, 7) is -0.617. The molecule has 0 bridgehead atoms. The maximum atomic E-state index is 10.3. The van der Waals surface area contributed by atoms with E-state index in [1.54, 1.807) is 0 Å². The predicted molar refractivity (Wildman–Crippen MR) is 64.6 cm³/mol. The number of carbonyl (C=O) groups is 1. The molecule has 1 radical (unpaired) electrons. The zero-order valence-electron chi connectivity index (χ0n) is 7.66. The summed E-state index contributed by atoms with van der Waals surface area (Å²) in [6, 6.07) is 0. The first-order chi connectivity index (χ1) is 7.36. The Morgan fingerprint density at radius 3 is 1.65 bits per heavy atom. The van der Waals surface area contributed by atoms with Gasteiger partial charge in [0.2, 0.25) is 0 Å². The smallest absolute Gasteiger partial charge is 0.479 e. The van der Waals surface area contributed by atoms with Crippen molar-refractivity contribution in [2.24, 2.45) is 0 Å². The first kappa shape index (κ1) is 17.5. The molecule has 0 aliphatic carbocycles. The van der Waals surface area contributed by atoms with E-state index in [0.717, 1.165) is 0 Å². The van der Waals surface area contributed by atoms with E-state index in [-0.39, 0.29) is 47.9 Å². The van der Waals surface area contributed by atoms with E-state index in [9.17, 15) is 4.79 Å². The minimum Gasteiger partial charge on any atom is -0.479 e. The van der Waals surface area contributed by atoms with Crippen LogP contribution >= 0.6 is 58.0 Å². The van der Waals surface area contributed by atoms with Gasteiger partial charge in [-0.3, -0.25) is 0 Å². The monoisotopic (exact) mass is 385 g/mol. The number of rotatable bonds is 3. The van der Waals surface area contributed by atoms with Crippen molar-refractivity contribution in [1.29, 1.82) is 0 Å². The summed E-state index contributed by atoms with van der Waals surface area (Å²) in [5.41, 5.74) is 0. The van der Waals surface area contributed by atoms with Crippen molar-refractivity contribution in [2.45, 2.75) is 0 Å². The van der Waals surface area contributed by atoms with Crippen molar-refractivity contribution in [2.75, 3.05) is 6.61 Å². The quantitative estimate of drug-likeness (QED) is 0.474. The van der Waals surface area contributed by atoms with Crippen LogP contribution in [0.3, 0.4) is 0 Å². The van der Waals surface area contributed by atoms with Gasteiger partial charge in [0, 0.05) is 0 Å². The van der Waals surface area contributed by atoms with E-state index in [1.807, 2.05) is 0 Å². The van der Waals surface area contributed by atoms with Gasteiger partial charge in [0.25, 0.3) is 0 Å². The number of carboxylic acids is 1. The second kappa shape index (κ2) is 7.15. The molecule has 0 aliphatic heterocycles. The van der Waals surface area contributed by atoms with Gasteiger partial charge in [-0.2, -0.15) is 0 Å². The molecule has 1 aromatic rings. The van der Waals surface area contributed by atoms with E-state index in [0.29, 0.717) is 0 Å². The first-order valence-corrected chi connectivity index (χ1v) is 5.61. The third-order valence-electron chi connectivity index (χ3n) is 1.51. The molecule has 0 saturated heterocycles. The van der Waals surface area contributed by atoms with Crippen LogP contribution in [0, 0.1) is 0 Å². The number of benzene rings is 1. The average Bonchev–Trinajstić information content (AvgIpc) is 2.23. The molecule has 0 aromatic heterocycles. The summed E-state index contributed by atoms with van der Waals surface area (Å²) in [4.78, 5) is 10.3. The minimum absolute atomic E-state index is 0. The molecule has 9 heteroatoms. The fraction of sp³-hybridized carbons (Fsp3) is 0.125. The molecule has 0 amide bonds. The molecule has 0 unspecified atom stereocenters. The molecular weight excluding hydrogens is 385 g/mol. The third kappa shape index (κ3) is 3.97. The molecule has 0 spiro atoms. The van der Waals surface area contributed by atoms with E-state index in [2.05, 4.69) is 0 Å². The zero-order valence-corrected chi connectivity index (χ0v) is 12.4. The van der Waals surface area contributed by atoms with E-state index in [1.165, 1.54) is 0 Å². The molecule has 1 rings (SSSR count). The molecule has 1 aromatic carbocycles. The molecule has 0 saturated carbocycles. The Bertz CT molecular complexity index is 422. The molecular formula is C8H3Cl5CuO3+2. The van der Waals surface area contributed by atoms with Gasteiger partial charge in [-0.05, 0) is 0 Å². The summed E-state index contributed by atoms with van der Waals surface area (Å²) in [5.74, 6) is -1.29. The molecule has 97 valence electrons. The Kier molecular flexibility index (Phi) is 7.34. The van der Waals surface area contributed by atoms with Crippen molar-refractivity contribution in [3.05, 3.63) is 25.1 Å². The van der Waals surface area contributed by atoms with Gasteiger partial charge in [0.05, 0.1) is 15.1 Å². The Labute approximate surface area is 132 Å². The SMILES string of the molecule is O=C(O)COc1c(Cl)c(Cl)c(Cl)c(Cl)c1Cl.[Cu+2]. The normalized spacial score (nSPS) is 9.71. The summed E-state index contributed by atoms with van der Waals surface area (Å²) in [6.07, 6.45) is 0. The molecule has 0 atom stereocenters. The van der Waals surface area contributed by atoms with Crippen LogP contribution in [0.5, 0.6) is 5.75 Å². The van der Waals surface area contributed by atoms with Gasteiger partial charge in [-0.15, -0.1) is 0 Å². The van der Waals surface area contributed by atoms with Crippen molar-refractivity contribution < 1.29 is 31.7 Å².